The Morgan fingerprint density at radius 3 is 1.76 bits per heavy atom. The molecule has 0 unspecified atom stereocenters. The molecule has 2 nitrogen and oxygen atoms in total. The van der Waals surface area contributed by atoms with Crippen LogP contribution in [0.3, 0.4) is 0 Å². The molecular formula is C22H35IO2. The number of aliphatic carboxylic acids is 1. The van der Waals surface area contributed by atoms with Crippen molar-refractivity contribution in [2.45, 2.75) is 90.4 Å². The molecule has 0 fully saturated rings. The number of aryl methyl sites for hydroxylation is 1. The van der Waals surface area contributed by atoms with E-state index in [1.165, 1.54) is 79.8 Å². The van der Waals surface area contributed by atoms with E-state index >= 15 is 0 Å². The van der Waals surface area contributed by atoms with Crippen LogP contribution in [0.1, 0.15) is 89.5 Å². The van der Waals surface area contributed by atoms with Crippen molar-refractivity contribution >= 4 is 28.6 Å². The minimum Gasteiger partial charge on any atom is -0.481 e. The predicted octanol–water partition coefficient (Wildman–Crippen LogP) is 7.24. The van der Waals surface area contributed by atoms with E-state index in [1.807, 2.05) is 6.92 Å². The molecule has 0 radical (unpaired) electrons. The fourth-order valence-electron chi connectivity index (χ4n) is 3.15. The number of carboxylic acids is 1. The van der Waals surface area contributed by atoms with Gasteiger partial charge in [-0.05, 0) is 59.5 Å². The number of rotatable bonds is 15. The molecule has 0 amide bonds. The number of unbranched alkanes of at least 4 members (excludes halogenated alkanes) is 10. The maximum Gasteiger partial charge on any atom is 0.306 e. The molecule has 0 spiro atoms. The van der Waals surface area contributed by atoms with Gasteiger partial charge in [0.2, 0.25) is 0 Å². The van der Waals surface area contributed by atoms with Gasteiger partial charge in [0.25, 0.3) is 0 Å². The van der Waals surface area contributed by atoms with E-state index in [1.54, 1.807) is 0 Å². The summed E-state index contributed by atoms with van der Waals surface area (Å²) in [6.07, 6.45) is 16.4. The van der Waals surface area contributed by atoms with Crippen molar-refractivity contribution in [3.8, 4) is 0 Å². The first-order valence-corrected chi connectivity index (χ1v) is 11.1. The Labute approximate surface area is 167 Å². The highest BCUT2D eigenvalue weighted by molar-refractivity contribution is 14.1. The highest BCUT2D eigenvalue weighted by atomic mass is 127. The standard InChI is InChI=1S/C22H35IO2/c1-19(22(24)25)13-11-9-7-5-3-2-4-6-8-10-12-14-20-15-17-21(23)18-16-20/h15-19H,2-14H2,1H3,(H,24,25)/t19-/m0/s1. The first-order valence-electron chi connectivity index (χ1n) is 10.1. The molecule has 0 saturated carbocycles. The normalized spacial score (nSPS) is 12.2. The van der Waals surface area contributed by atoms with Crippen LogP contribution >= 0.6 is 22.6 Å². The van der Waals surface area contributed by atoms with Gasteiger partial charge in [-0.2, -0.15) is 0 Å². The summed E-state index contributed by atoms with van der Waals surface area (Å²) in [5.74, 6) is -0.829. The molecule has 25 heavy (non-hydrogen) atoms. The topological polar surface area (TPSA) is 37.3 Å². The van der Waals surface area contributed by atoms with Crippen molar-refractivity contribution in [2.24, 2.45) is 5.92 Å². The smallest absolute Gasteiger partial charge is 0.306 e. The number of hydrogen-bond acceptors (Lipinski definition) is 1. The number of carboxylic acid groups (broad SMARTS) is 1. The van der Waals surface area contributed by atoms with Crippen LogP contribution in [0, 0.1) is 9.49 Å². The molecule has 1 atom stereocenters. The average molecular weight is 458 g/mol. The molecule has 0 bridgehead atoms. The van der Waals surface area contributed by atoms with E-state index < -0.39 is 5.97 Å². The SMILES string of the molecule is C[C@@H](CCCCCCCCCCCCCc1ccc(I)cc1)C(=O)O. The zero-order valence-electron chi connectivity index (χ0n) is 15.8. The Hall–Kier alpha value is -0.580. The molecule has 1 rings (SSSR count). The van der Waals surface area contributed by atoms with Crippen LogP contribution in [-0.4, -0.2) is 11.1 Å². The lowest BCUT2D eigenvalue weighted by Crippen LogP contribution is -2.08. The summed E-state index contributed by atoms with van der Waals surface area (Å²) < 4.78 is 1.32. The summed E-state index contributed by atoms with van der Waals surface area (Å²) in [6, 6.07) is 8.90. The summed E-state index contributed by atoms with van der Waals surface area (Å²) in [5.41, 5.74) is 1.47. The molecule has 1 aromatic rings. The molecule has 0 aliphatic carbocycles. The largest absolute Gasteiger partial charge is 0.481 e. The van der Waals surface area contributed by atoms with Crippen molar-refractivity contribution in [3.05, 3.63) is 33.4 Å². The van der Waals surface area contributed by atoms with Gasteiger partial charge >= 0.3 is 5.97 Å². The summed E-state index contributed by atoms with van der Waals surface area (Å²) in [5, 5.41) is 8.83. The summed E-state index contributed by atoms with van der Waals surface area (Å²) in [4.78, 5) is 10.7. The molecular weight excluding hydrogens is 423 g/mol. The Morgan fingerprint density at radius 1 is 0.840 bits per heavy atom. The molecule has 0 aromatic heterocycles. The number of halogens is 1. The molecule has 0 aliphatic heterocycles. The second-order valence-corrected chi connectivity index (χ2v) is 8.54. The van der Waals surface area contributed by atoms with Gasteiger partial charge in [0.05, 0.1) is 5.92 Å². The molecule has 0 saturated heterocycles. The van der Waals surface area contributed by atoms with Gasteiger partial charge in [-0.3, -0.25) is 4.79 Å². The molecule has 3 heteroatoms. The number of hydrogen-bond donors (Lipinski definition) is 1. The first kappa shape index (κ1) is 22.5. The van der Waals surface area contributed by atoms with E-state index in [2.05, 4.69) is 46.9 Å². The lowest BCUT2D eigenvalue weighted by Gasteiger charge is -2.06. The predicted molar refractivity (Wildman–Crippen MR) is 115 cm³/mol. The Balaban J connectivity index is 1.80. The molecule has 1 N–H and O–H groups in total. The van der Waals surface area contributed by atoms with Crippen LogP contribution in [0.25, 0.3) is 0 Å². The van der Waals surface area contributed by atoms with Gasteiger partial charge in [0.1, 0.15) is 0 Å². The fraction of sp³-hybridized carbons (Fsp3) is 0.682. The minimum absolute atomic E-state index is 0.175. The van der Waals surface area contributed by atoms with Gasteiger partial charge in [-0.25, -0.2) is 0 Å². The van der Waals surface area contributed by atoms with Crippen LogP contribution in [-0.2, 0) is 11.2 Å². The van der Waals surface area contributed by atoms with Crippen LogP contribution in [0.2, 0.25) is 0 Å². The van der Waals surface area contributed by atoms with Crippen LogP contribution in [0.15, 0.2) is 24.3 Å². The van der Waals surface area contributed by atoms with Crippen molar-refractivity contribution in [2.75, 3.05) is 0 Å². The molecule has 142 valence electrons. The van der Waals surface area contributed by atoms with Gasteiger partial charge in [-0.15, -0.1) is 0 Å². The van der Waals surface area contributed by atoms with Crippen LogP contribution in [0.5, 0.6) is 0 Å². The van der Waals surface area contributed by atoms with Crippen molar-refractivity contribution in [3.63, 3.8) is 0 Å². The maximum absolute atomic E-state index is 10.7. The Bertz CT molecular complexity index is 456. The van der Waals surface area contributed by atoms with E-state index in [-0.39, 0.29) is 5.92 Å². The third-order valence-electron chi connectivity index (χ3n) is 4.94. The van der Waals surface area contributed by atoms with Crippen molar-refractivity contribution in [1.82, 2.24) is 0 Å². The van der Waals surface area contributed by atoms with Gasteiger partial charge < -0.3 is 5.11 Å². The second-order valence-electron chi connectivity index (χ2n) is 7.29. The Morgan fingerprint density at radius 2 is 1.28 bits per heavy atom. The van der Waals surface area contributed by atoms with Crippen LogP contribution < -0.4 is 0 Å². The lowest BCUT2D eigenvalue weighted by molar-refractivity contribution is -0.141. The van der Waals surface area contributed by atoms with Crippen molar-refractivity contribution < 1.29 is 9.90 Å². The average Bonchev–Trinajstić information content (AvgIpc) is 2.60. The van der Waals surface area contributed by atoms with E-state index in [0.29, 0.717) is 0 Å². The number of benzene rings is 1. The highest BCUT2D eigenvalue weighted by Crippen LogP contribution is 2.15. The van der Waals surface area contributed by atoms with E-state index in [4.69, 9.17) is 5.11 Å². The van der Waals surface area contributed by atoms with E-state index in [0.717, 1.165) is 12.8 Å². The number of carbonyl (C=O) groups is 1. The monoisotopic (exact) mass is 458 g/mol. The third kappa shape index (κ3) is 12.4. The lowest BCUT2D eigenvalue weighted by atomic mass is 10.0. The third-order valence-corrected chi connectivity index (χ3v) is 5.66. The highest BCUT2D eigenvalue weighted by Gasteiger charge is 2.09. The van der Waals surface area contributed by atoms with E-state index in [9.17, 15) is 4.79 Å². The first-order chi connectivity index (χ1) is 12.1. The second kappa shape index (κ2) is 14.6. The van der Waals surface area contributed by atoms with Gasteiger partial charge in [0.15, 0.2) is 0 Å². The van der Waals surface area contributed by atoms with Gasteiger partial charge in [-0.1, -0.05) is 83.3 Å². The molecule has 0 heterocycles. The van der Waals surface area contributed by atoms with Crippen LogP contribution in [0.4, 0.5) is 0 Å². The minimum atomic E-state index is -0.654. The zero-order valence-corrected chi connectivity index (χ0v) is 18.0. The van der Waals surface area contributed by atoms with Gasteiger partial charge in [0, 0.05) is 3.57 Å². The molecule has 0 aliphatic rings. The molecule has 1 aromatic carbocycles. The summed E-state index contributed by atoms with van der Waals surface area (Å²) in [6.45, 7) is 1.81. The summed E-state index contributed by atoms with van der Waals surface area (Å²) in [7, 11) is 0. The summed E-state index contributed by atoms with van der Waals surface area (Å²) >= 11 is 2.36. The fourth-order valence-corrected chi connectivity index (χ4v) is 3.50. The van der Waals surface area contributed by atoms with Crippen molar-refractivity contribution in [1.29, 1.82) is 0 Å². The quantitative estimate of drug-likeness (QED) is 0.222. The zero-order chi connectivity index (χ0) is 18.3. The maximum atomic E-state index is 10.7. The Kier molecular flexibility index (Phi) is 13.1.